The molecule has 0 fully saturated rings. The summed E-state index contributed by atoms with van der Waals surface area (Å²) >= 11 is 1.58. The standard InChI is InChI=1S/C14H29O3S.Li/c1-2-3-4-5-6-7-8-9-10-11-12-13-14-18(15,16)17;/h14H,2-13H2,1H3,(H,15,16,17);. The van der Waals surface area contributed by atoms with Crippen molar-refractivity contribution in [3.05, 3.63) is 0 Å². The van der Waals surface area contributed by atoms with Crippen molar-refractivity contribution >= 4 is 27.8 Å². The Morgan fingerprint density at radius 3 is 1.58 bits per heavy atom. The van der Waals surface area contributed by atoms with E-state index in [1.54, 1.807) is 17.7 Å². The van der Waals surface area contributed by atoms with Crippen LogP contribution in [0.2, 0.25) is 0 Å². The summed E-state index contributed by atoms with van der Waals surface area (Å²) in [5.74, 6) is 0. The molecule has 0 saturated carbocycles. The molecule has 1 atom stereocenters. The van der Waals surface area contributed by atoms with Gasteiger partial charge in [0.1, 0.15) is 0 Å². The zero-order valence-electron chi connectivity index (χ0n) is 12.7. The van der Waals surface area contributed by atoms with E-state index in [1.807, 2.05) is 0 Å². The summed E-state index contributed by atoms with van der Waals surface area (Å²) in [6.07, 6.45) is 14.4. The molecule has 0 aliphatic rings. The first-order valence-corrected chi connectivity index (χ1v) is 9.45. The van der Waals surface area contributed by atoms with Crippen LogP contribution in [0.25, 0.3) is 0 Å². The van der Waals surface area contributed by atoms with Crippen LogP contribution in [-0.4, -0.2) is 34.6 Å². The zero-order valence-corrected chi connectivity index (χ0v) is 13.6. The molecule has 0 bridgehead atoms. The van der Waals surface area contributed by atoms with Gasteiger partial charge in [-0.1, -0.05) is 13.3 Å². The fraction of sp³-hybridized carbons (Fsp3) is 1.00. The van der Waals surface area contributed by atoms with Crippen LogP contribution in [0.1, 0.15) is 84.0 Å². The van der Waals surface area contributed by atoms with E-state index in [0.29, 0.717) is 6.42 Å². The summed E-state index contributed by atoms with van der Waals surface area (Å²) in [6.45, 7) is 2.24. The second kappa shape index (κ2) is 12.3. The van der Waals surface area contributed by atoms with Crippen LogP contribution in [0, 0.1) is 0 Å². The van der Waals surface area contributed by atoms with E-state index in [4.69, 9.17) is 4.55 Å². The molecule has 0 spiro atoms. The van der Waals surface area contributed by atoms with E-state index in [1.165, 1.54) is 57.8 Å². The summed E-state index contributed by atoms with van der Waals surface area (Å²) in [7, 11) is -3.82. The maximum absolute atomic E-state index is 10.8. The summed E-state index contributed by atoms with van der Waals surface area (Å²) in [6, 6.07) is 0. The molecule has 0 saturated heterocycles. The molecule has 1 unspecified atom stereocenters. The van der Waals surface area contributed by atoms with Crippen molar-refractivity contribution in [2.24, 2.45) is 0 Å². The first-order valence-electron chi connectivity index (χ1n) is 7.94. The van der Waals surface area contributed by atoms with Crippen LogP contribution in [0.3, 0.4) is 0 Å². The minimum absolute atomic E-state index is 0.579. The number of rotatable bonds is 13. The second-order valence-electron chi connectivity index (χ2n) is 5.65. The zero-order chi connectivity index (χ0) is 14.6. The Kier molecular flexibility index (Phi) is 12.6. The number of hydrogen-bond acceptors (Lipinski definition) is 2. The topological polar surface area (TPSA) is 54.4 Å². The Balaban J connectivity index is 3.19. The Morgan fingerprint density at radius 1 is 0.842 bits per heavy atom. The van der Waals surface area contributed by atoms with Gasteiger partial charge in [-0.2, -0.15) is 0 Å². The molecule has 0 radical (unpaired) electrons. The molecule has 0 amide bonds. The van der Waals surface area contributed by atoms with E-state index in [9.17, 15) is 8.42 Å². The van der Waals surface area contributed by atoms with Gasteiger partial charge in [-0.05, 0) is 0 Å². The van der Waals surface area contributed by atoms with E-state index < -0.39 is 14.0 Å². The third-order valence-corrected chi connectivity index (χ3v) is 4.98. The third kappa shape index (κ3) is 13.3. The van der Waals surface area contributed by atoms with E-state index in [-0.39, 0.29) is 0 Å². The molecule has 0 aliphatic heterocycles. The third-order valence-electron chi connectivity index (χ3n) is 3.72. The average molecular weight is 284 g/mol. The first kappa shape index (κ1) is 19.5. The molecule has 0 aliphatic carbocycles. The van der Waals surface area contributed by atoms with Gasteiger partial charge < -0.3 is 0 Å². The molecule has 0 heterocycles. The minimum atomic E-state index is -3.82. The monoisotopic (exact) mass is 284 g/mol. The van der Waals surface area contributed by atoms with Gasteiger partial charge in [0.25, 0.3) is 0 Å². The summed E-state index contributed by atoms with van der Waals surface area (Å²) in [5, 5.41) is 0. The Bertz CT molecular complexity index is 291. The molecule has 0 rings (SSSR count). The van der Waals surface area contributed by atoms with Crippen molar-refractivity contribution in [2.45, 2.75) is 87.9 Å². The van der Waals surface area contributed by atoms with Crippen LogP contribution in [0.15, 0.2) is 0 Å². The number of unbranched alkanes of at least 4 members (excludes halogenated alkanes) is 10. The van der Waals surface area contributed by atoms with Crippen molar-refractivity contribution in [1.82, 2.24) is 0 Å². The van der Waals surface area contributed by atoms with Gasteiger partial charge in [-0.25, -0.2) is 0 Å². The molecule has 19 heavy (non-hydrogen) atoms. The molecule has 0 aromatic carbocycles. The van der Waals surface area contributed by atoms with Crippen LogP contribution in [0.4, 0.5) is 0 Å². The van der Waals surface area contributed by atoms with Crippen molar-refractivity contribution in [2.75, 3.05) is 0 Å². The quantitative estimate of drug-likeness (QED) is 0.315. The van der Waals surface area contributed by atoms with Gasteiger partial charge in [-0.3, -0.25) is 0 Å². The van der Waals surface area contributed by atoms with E-state index in [2.05, 4.69) is 6.92 Å². The van der Waals surface area contributed by atoms with Crippen molar-refractivity contribution < 1.29 is 13.0 Å². The Morgan fingerprint density at radius 2 is 1.21 bits per heavy atom. The molecule has 110 valence electrons. The van der Waals surface area contributed by atoms with Gasteiger partial charge in [-0.15, -0.1) is 0 Å². The van der Waals surface area contributed by atoms with Gasteiger partial charge in [0.15, 0.2) is 0 Å². The van der Waals surface area contributed by atoms with Crippen LogP contribution >= 0.6 is 0 Å². The number of hydrogen-bond donors (Lipinski definition) is 1. The molecule has 5 heteroatoms. The fourth-order valence-electron chi connectivity index (χ4n) is 2.24. The maximum atomic E-state index is 10.8. The fourth-order valence-corrected chi connectivity index (χ4v) is 2.71. The molecule has 3 nitrogen and oxygen atoms in total. The predicted molar refractivity (Wildman–Crippen MR) is 82.2 cm³/mol. The average Bonchev–Trinajstić information content (AvgIpc) is 2.34. The molecule has 0 aromatic heterocycles. The summed E-state index contributed by atoms with van der Waals surface area (Å²) in [4.78, 5) is 0. The van der Waals surface area contributed by atoms with Crippen LogP contribution in [-0.2, 0) is 10.1 Å². The van der Waals surface area contributed by atoms with Crippen LogP contribution < -0.4 is 0 Å². The van der Waals surface area contributed by atoms with E-state index >= 15 is 0 Å². The first-order chi connectivity index (χ1) is 8.98. The molecule has 1 N–H and O–H groups in total. The normalized spacial score (nSPS) is 13.7. The molecular formula is C14H29LiO3S. The molecule has 0 aromatic rings. The van der Waals surface area contributed by atoms with Crippen molar-refractivity contribution in [3.63, 3.8) is 0 Å². The van der Waals surface area contributed by atoms with E-state index in [0.717, 1.165) is 12.8 Å². The van der Waals surface area contributed by atoms with Gasteiger partial charge >= 0.3 is 115 Å². The Labute approximate surface area is 128 Å². The SMILES string of the molecule is [Li][CH](CCCCCCCCCCCCC)S(=O)(=O)O. The molecular weight excluding hydrogens is 255 g/mol. The van der Waals surface area contributed by atoms with Crippen molar-refractivity contribution in [3.8, 4) is 0 Å². The van der Waals surface area contributed by atoms with Gasteiger partial charge in [0.2, 0.25) is 0 Å². The predicted octanol–water partition coefficient (Wildman–Crippen LogP) is 4.07. The van der Waals surface area contributed by atoms with Crippen LogP contribution in [0.5, 0.6) is 0 Å². The Hall–Kier alpha value is 0.507. The second-order valence-corrected chi connectivity index (χ2v) is 7.48. The van der Waals surface area contributed by atoms with Crippen molar-refractivity contribution in [1.29, 1.82) is 0 Å². The summed E-state index contributed by atoms with van der Waals surface area (Å²) in [5.41, 5.74) is 0. The van der Waals surface area contributed by atoms with Gasteiger partial charge in [0, 0.05) is 0 Å². The van der Waals surface area contributed by atoms with Gasteiger partial charge in [0.05, 0.1) is 0 Å². The summed E-state index contributed by atoms with van der Waals surface area (Å²) < 4.78 is 29.8.